The molecule has 16 heavy (non-hydrogen) atoms. The fourth-order valence-electron chi connectivity index (χ4n) is 1.44. The van der Waals surface area contributed by atoms with Crippen LogP contribution in [0, 0.1) is 0 Å². The van der Waals surface area contributed by atoms with Crippen molar-refractivity contribution < 1.29 is 8.78 Å². The van der Waals surface area contributed by atoms with Crippen molar-refractivity contribution in [1.29, 1.82) is 0 Å². The van der Waals surface area contributed by atoms with Crippen LogP contribution < -0.4 is 5.56 Å². The zero-order valence-electron chi connectivity index (χ0n) is 8.63. The van der Waals surface area contributed by atoms with Crippen molar-refractivity contribution in [2.75, 3.05) is 0 Å². The fraction of sp³-hybridized carbons (Fsp3) is 0.273. The van der Waals surface area contributed by atoms with Crippen LogP contribution in [0.15, 0.2) is 29.1 Å². The van der Waals surface area contributed by atoms with Crippen LogP contribution in [0.1, 0.15) is 19.0 Å². The van der Waals surface area contributed by atoms with Crippen LogP contribution in [0.5, 0.6) is 0 Å². The van der Waals surface area contributed by atoms with Crippen LogP contribution in [-0.4, -0.2) is 9.97 Å². The Hall–Kier alpha value is -1.78. The number of nitrogens with zero attached hydrogens (tertiary/aromatic N) is 1. The standard InChI is InChI=1S/C11H10F2N2O/c1-2-11(12,13)9-10(16)15-8-6-4-3-5-7(8)14-9/h3-6H,2H2,1H3,(H,15,16). The highest BCUT2D eigenvalue weighted by molar-refractivity contribution is 5.73. The summed E-state index contributed by atoms with van der Waals surface area (Å²) in [5, 5.41) is 0. The van der Waals surface area contributed by atoms with E-state index in [1.165, 1.54) is 6.92 Å². The van der Waals surface area contributed by atoms with Crippen molar-refractivity contribution in [3.8, 4) is 0 Å². The SMILES string of the molecule is CCC(F)(F)c1nc2ccccc2[nH]c1=O. The molecular formula is C11H10F2N2O. The second-order valence-electron chi connectivity index (χ2n) is 3.49. The number of halogens is 2. The monoisotopic (exact) mass is 224 g/mol. The average Bonchev–Trinajstić information content (AvgIpc) is 2.28. The van der Waals surface area contributed by atoms with Gasteiger partial charge in [0.2, 0.25) is 0 Å². The van der Waals surface area contributed by atoms with Crippen LogP contribution in [0.4, 0.5) is 8.78 Å². The van der Waals surface area contributed by atoms with E-state index in [0.29, 0.717) is 11.0 Å². The quantitative estimate of drug-likeness (QED) is 0.851. The van der Waals surface area contributed by atoms with Crippen LogP contribution in [0.25, 0.3) is 11.0 Å². The summed E-state index contributed by atoms with van der Waals surface area (Å²) in [6.45, 7) is 1.32. The Morgan fingerprint density at radius 3 is 2.75 bits per heavy atom. The smallest absolute Gasteiger partial charge is 0.294 e. The van der Waals surface area contributed by atoms with Gasteiger partial charge in [-0.1, -0.05) is 19.1 Å². The van der Waals surface area contributed by atoms with Crippen molar-refractivity contribution in [3.63, 3.8) is 0 Å². The van der Waals surface area contributed by atoms with Crippen molar-refractivity contribution >= 4 is 11.0 Å². The predicted octanol–water partition coefficient (Wildman–Crippen LogP) is 2.42. The third-order valence-corrected chi connectivity index (χ3v) is 2.39. The fourth-order valence-corrected chi connectivity index (χ4v) is 1.44. The third kappa shape index (κ3) is 1.68. The molecule has 0 spiro atoms. The molecule has 2 aromatic rings. The first-order valence-electron chi connectivity index (χ1n) is 4.92. The zero-order chi connectivity index (χ0) is 11.8. The molecule has 2 rings (SSSR count). The zero-order valence-corrected chi connectivity index (χ0v) is 8.63. The second-order valence-corrected chi connectivity index (χ2v) is 3.49. The summed E-state index contributed by atoms with van der Waals surface area (Å²) in [5.74, 6) is -3.18. The molecule has 0 aliphatic rings. The Morgan fingerprint density at radius 2 is 2.06 bits per heavy atom. The Bertz CT molecular complexity index is 577. The Morgan fingerprint density at radius 1 is 1.38 bits per heavy atom. The molecule has 0 unspecified atom stereocenters. The van der Waals surface area contributed by atoms with Crippen LogP contribution in [-0.2, 0) is 5.92 Å². The number of rotatable bonds is 2. The average molecular weight is 224 g/mol. The number of para-hydroxylation sites is 2. The van der Waals surface area contributed by atoms with Gasteiger partial charge in [-0.2, -0.15) is 8.78 Å². The first-order chi connectivity index (χ1) is 7.54. The number of nitrogens with one attached hydrogen (secondary N) is 1. The molecule has 3 nitrogen and oxygen atoms in total. The number of hydrogen-bond donors (Lipinski definition) is 1. The molecule has 0 aliphatic carbocycles. The Balaban J connectivity index is 2.73. The maximum absolute atomic E-state index is 13.4. The van der Waals surface area contributed by atoms with Gasteiger partial charge in [-0.15, -0.1) is 0 Å². The summed E-state index contributed by atoms with van der Waals surface area (Å²) in [4.78, 5) is 17.6. The van der Waals surface area contributed by atoms with Crippen LogP contribution in [0.3, 0.4) is 0 Å². The molecule has 1 aromatic carbocycles. The highest BCUT2D eigenvalue weighted by Crippen LogP contribution is 2.27. The molecule has 0 saturated heterocycles. The maximum atomic E-state index is 13.4. The van der Waals surface area contributed by atoms with Crippen molar-refractivity contribution in [2.45, 2.75) is 19.3 Å². The molecule has 0 radical (unpaired) electrons. The molecule has 5 heteroatoms. The Labute approximate surface area is 90.1 Å². The molecular weight excluding hydrogens is 214 g/mol. The van der Waals surface area contributed by atoms with Gasteiger partial charge in [0.05, 0.1) is 11.0 Å². The minimum atomic E-state index is -3.18. The van der Waals surface area contributed by atoms with E-state index in [2.05, 4.69) is 9.97 Å². The Kier molecular flexibility index (Phi) is 2.46. The lowest BCUT2D eigenvalue weighted by Crippen LogP contribution is -2.26. The predicted molar refractivity (Wildman–Crippen MR) is 56.5 cm³/mol. The van der Waals surface area contributed by atoms with E-state index in [1.807, 2.05) is 0 Å². The number of alkyl halides is 2. The number of aromatic nitrogens is 2. The number of hydrogen-bond acceptors (Lipinski definition) is 2. The van der Waals surface area contributed by atoms with Gasteiger partial charge in [0.1, 0.15) is 0 Å². The van der Waals surface area contributed by atoms with Crippen molar-refractivity contribution in [3.05, 3.63) is 40.3 Å². The van der Waals surface area contributed by atoms with E-state index in [1.54, 1.807) is 24.3 Å². The molecule has 0 saturated carbocycles. The van der Waals surface area contributed by atoms with Gasteiger partial charge < -0.3 is 4.98 Å². The number of benzene rings is 1. The van der Waals surface area contributed by atoms with Gasteiger partial charge in [-0.3, -0.25) is 4.79 Å². The van der Waals surface area contributed by atoms with E-state index >= 15 is 0 Å². The van der Waals surface area contributed by atoms with E-state index in [4.69, 9.17) is 0 Å². The highest BCUT2D eigenvalue weighted by Gasteiger charge is 2.34. The summed E-state index contributed by atoms with van der Waals surface area (Å²) in [7, 11) is 0. The van der Waals surface area contributed by atoms with E-state index in [-0.39, 0.29) is 0 Å². The van der Waals surface area contributed by atoms with E-state index in [9.17, 15) is 13.6 Å². The number of aromatic amines is 1. The molecule has 0 bridgehead atoms. The largest absolute Gasteiger partial charge is 0.319 e. The third-order valence-electron chi connectivity index (χ3n) is 2.39. The number of fused-ring (bicyclic) bond motifs is 1. The lowest BCUT2D eigenvalue weighted by molar-refractivity contribution is -0.0140. The van der Waals surface area contributed by atoms with Gasteiger partial charge in [0.15, 0.2) is 5.69 Å². The van der Waals surface area contributed by atoms with Gasteiger partial charge >= 0.3 is 0 Å². The summed E-state index contributed by atoms with van der Waals surface area (Å²) in [6.07, 6.45) is -0.443. The number of H-pyrrole nitrogens is 1. The topological polar surface area (TPSA) is 45.8 Å². The molecule has 84 valence electrons. The van der Waals surface area contributed by atoms with Crippen LogP contribution >= 0.6 is 0 Å². The first-order valence-corrected chi connectivity index (χ1v) is 4.92. The van der Waals surface area contributed by atoms with Crippen molar-refractivity contribution in [2.24, 2.45) is 0 Å². The summed E-state index contributed by atoms with van der Waals surface area (Å²) in [5.41, 5.74) is -0.715. The lowest BCUT2D eigenvalue weighted by atomic mass is 10.2. The molecule has 0 fully saturated rings. The normalized spacial score (nSPS) is 11.9. The molecule has 1 N–H and O–H groups in total. The molecule has 1 aromatic heterocycles. The summed E-state index contributed by atoms with van der Waals surface area (Å²) >= 11 is 0. The minimum absolute atomic E-state index is 0.366. The van der Waals surface area contributed by atoms with Gasteiger partial charge in [0, 0.05) is 6.42 Å². The summed E-state index contributed by atoms with van der Waals surface area (Å²) < 4.78 is 26.8. The summed E-state index contributed by atoms with van der Waals surface area (Å²) in [6, 6.07) is 6.59. The van der Waals surface area contributed by atoms with Crippen LogP contribution in [0.2, 0.25) is 0 Å². The first kappa shape index (κ1) is 10.7. The van der Waals surface area contributed by atoms with E-state index < -0.39 is 23.6 Å². The molecule has 0 atom stereocenters. The van der Waals surface area contributed by atoms with E-state index in [0.717, 1.165) is 0 Å². The van der Waals surface area contributed by atoms with Crippen molar-refractivity contribution in [1.82, 2.24) is 9.97 Å². The van der Waals surface area contributed by atoms with Gasteiger partial charge in [-0.25, -0.2) is 4.98 Å². The lowest BCUT2D eigenvalue weighted by Gasteiger charge is -2.12. The molecule has 0 amide bonds. The van der Waals surface area contributed by atoms with Gasteiger partial charge in [-0.05, 0) is 12.1 Å². The second kappa shape index (κ2) is 3.66. The molecule has 0 aliphatic heterocycles. The maximum Gasteiger partial charge on any atom is 0.294 e. The minimum Gasteiger partial charge on any atom is -0.319 e. The molecule has 1 heterocycles. The van der Waals surface area contributed by atoms with Gasteiger partial charge in [0.25, 0.3) is 11.5 Å². The highest BCUT2D eigenvalue weighted by atomic mass is 19.3.